The van der Waals surface area contributed by atoms with Gasteiger partial charge in [-0.3, -0.25) is 9.59 Å². The van der Waals surface area contributed by atoms with Gasteiger partial charge < -0.3 is 5.73 Å². The van der Waals surface area contributed by atoms with Crippen LogP contribution in [-0.2, 0) is 6.42 Å². The van der Waals surface area contributed by atoms with Crippen LogP contribution in [0.25, 0.3) is 10.2 Å². The van der Waals surface area contributed by atoms with Crippen molar-refractivity contribution < 1.29 is 9.59 Å². The first-order valence-electron chi connectivity index (χ1n) is 6.54. The van der Waals surface area contributed by atoms with E-state index in [0.29, 0.717) is 22.5 Å². The van der Waals surface area contributed by atoms with Crippen molar-refractivity contribution in [2.24, 2.45) is 5.41 Å². The number of thiophene rings is 1. The van der Waals surface area contributed by atoms with Crippen LogP contribution < -0.4 is 5.73 Å². The van der Waals surface area contributed by atoms with E-state index in [-0.39, 0.29) is 17.0 Å². The molecule has 0 saturated carbocycles. The number of fused-ring (bicyclic) bond motifs is 2. The molecule has 0 fully saturated rings. The number of carbonyl (C=O) groups is 2. The molecule has 0 saturated heterocycles. The maximum Gasteiger partial charge on any atom is 0.171 e. The Hall–Kier alpha value is -1.75. The Labute approximate surface area is 121 Å². The van der Waals surface area contributed by atoms with Crippen LogP contribution >= 0.6 is 11.3 Å². The molecule has 0 spiro atoms. The molecule has 0 bridgehead atoms. The standard InChI is InChI=1S/C15H16N2O2S/c1-7(18)13-12(16)9-4-8-10(17-14(9)20-13)5-15(2,3)6-11(8)19/h4H,5-6,16H2,1-3H3. The first kappa shape index (κ1) is 13.2. The van der Waals surface area contributed by atoms with Gasteiger partial charge in [-0.15, -0.1) is 11.3 Å². The number of Topliss-reactive ketones (excluding diaryl/α,β-unsaturated/α-hetero) is 2. The highest BCUT2D eigenvalue weighted by Crippen LogP contribution is 2.39. The topological polar surface area (TPSA) is 73.1 Å². The Balaban J connectivity index is 2.26. The molecule has 0 atom stereocenters. The van der Waals surface area contributed by atoms with Crippen molar-refractivity contribution >= 4 is 38.8 Å². The quantitative estimate of drug-likeness (QED) is 0.818. The molecule has 0 amide bonds. The molecule has 20 heavy (non-hydrogen) atoms. The van der Waals surface area contributed by atoms with Gasteiger partial charge in [0.15, 0.2) is 11.6 Å². The van der Waals surface area contributed by atoms with Crippen LogP contribution in [0.4, 0.5) is 5.69 Å². The molecule has 2 aromatic heterocycles. The van der Waals surface area contributed by atoms with E-state index in [0.717, 1.165) is 22.3 Å². The van der Waals surface area contributed by atoms with Crippen molar-refractivity contribution in [2.75, 3.05) is 5.73 Å². The van der Waals surface area contributed by atoms with Crippen LogP contribution in [0, 0.1) is 5.41 Å². The summed E-state index contributed by atoms with van der Waals surface area (Å²) in [5, 5.41) is 0.729. The summed E-state index contributed by atoms with van der Waals surface area (Å²) in [7, 11) is 0. The number of ketones is 2. The Kier molecular flexibility index (Phi) is 2.73. The molecular formula is C15H16N2O2S. The van der Waals surface area contributed by atoms with E-state index in [2.05, 4.69) is 18.8 Å². The van der Waals surface area contributed by atoms with Gasteiger partial charge in [0.25, 0.3) is 0 Å². The Morgan fingerprint density at radius 1 is 1.40 bits per heavy atom. The van der Waals surface area contributed by atoms with E-state index in [1.807, 2.05) is 6.07 Å². The lowest BCUT2D eigenvalue weighted by molar-refractivity contribution is 0.0910. The van der Waals surface area contributed by atoms with Crippen LogP contribution in [0.5, 0.6) is 0 Å². The van der Waals surface area contributed by atoms with Crippen molar-refractivity contribution in [2.45, 2.75) is 33.6 Å². The number of hydrogen-bond acceptors (Lipinski definition) is 5. The summed E-state index contributed by atoms with van der Waals surface area (Å²) in [4.78, 5) is 29.7. The molecule has 0 aliphatic heterocycles. The summed E-state index contributed by atoms with van der Waals surface area (Å²) in [5.74, 6) is 0.0516. The summed E-state index contributed by atoms with van der Waals surface area (Å²) in [5.41, 5.74) is 7.89. The molecule has 2 aromatic rings. The van der Waals surface area contributed by atoms with Crippen LogP contribution in [0.3, 0.4) is 0 Å². The zero-order valence-corrected chi connectivity index (χ0v) is 12.6. The summed E-state index contributed by atoms with van der Waals surface area (Å²) in [6, 6.07) is 1.81. The second-order valence-corrected chi connectivity index (χ2v) is 7.18. The van der Waals surface area contributed by atoms with Gasteiger partial charge >= 0.3 is 0 Å². The fraction of sp³-hybridized carbons (Fsp3) is 0.400. The Bertz CT molecular complexity index is 759. The first-order chi connectivity index (χ1) is 9.28. The molecule has 0 radical (unpaired) electrons. The molecule has 0 unspecified atom stereocenters. The van der Waals surface area contributed by atoms with Crippen LogP contribution in [0.1, 0.15) is 52.9 Å². The second-order valence-electron chi connectivity index (χ2n) is 6.18. The number of carbonyl (C=O) groups excluding carboxylic acids is 2. The van der Waals surface area contributed by atoms with E-state index in [1.165, 1.54) is 18.3 Å². The monoisotopic (exact) mass is 288 g/mol. The van der Waals surface area contributed by atoms with Gasteiger partial charge in [0.2, 0.25) is 0 Å². The molecule has 104 valence electrons. The molecular weight excluding hydrogens is 272 g/mol. The number of nitrogens with two attached hydrogens (primary N) is 1. The van der Waals surface area contributed by atoms with Gasteiger partial charge in [-0.1, -0.05) is 13.8 Å². The van der Waals surface area contributed by atoms with Gasteiger partial charge in [-0.05, 0) is 17.9 Å². The molecule has 0 aromatic carbocycles. The molecule has 2 heterocycles. The largest absolute Gasteiger partial charge is 0.397 e. The van der Waals surface area contributed by atoms with Gasteiger partial charge in [0.05, 0.1) is 16.3 Å². The number of rotatable bonds is 1. The number of aromatic nitrogens is 1. The average molecular weight is 288 g/mol. The normalized spacial score (nSPS) is 17.2. The van der Waals surface area contributed by atoms with Crippen LogP contribution in [0.2, 0.25) is 0 Å². The average Bonchev–Trinajstić information content (AvgIpc) is 2.63. The molecule has 1 aliphatic carbocycles. The van der Waals surface area contributed by atoms with Crippen molar-refractivity contribution in [3.05, 3.63) is 22.2 Å². The molecule has 4 nitrogen and oxygen atoms in total. The number of pyridine rings is 1. The number of nitrogen functional groups attached to an aromatic ring is 1. The number of anilines is 1. The summed E-state index contributed by atoms with van der Waals surface area (Å²) in [6.07, 6.45) is 1.30. The minimum absolute atomic E-state index is 0.0586. The van der Waals surface area contributed by atoms with Crippen molar-refractivity contribution in [1.29, 1.82) is 0 Å². The predicted octanol–water partition coefficient (Wildman–Crippen LogP) is 3.24. The van der Waals surface area contributed by atoms with Gasteiger partial charge in [-0.2, -0.15) is 0 Å². The van der Waals surface area contributed by atoms with E-state index >= 15 is 0 Å². The van der Waals surface area contributed by atoms with E-state index < -0.39 is 0 Å². The smallest absolute Gasteiger partial charge is 0.171 e. The third-order valence-electron chi connectivity index (χ3n) is 3.71. The minimum atomic E-state index is -0.0601. The van der Waals surface area contributed by atoms with Gasteiger partial charge in [0.1, 0.15) is 4.83 Å². The van der Waals surface area contributed by atoms with E-state index in [9.17, 15) is 9.59 Å². The summed E-state index contributed by atoms with van der Waals surface area (Å²) >= 11 is 1.31. The summed E-state index contributed by atoms with van der Waals surface area (Å²) < 4.78 is 0. The highest BCUT2D eigenvalue weighted by molar-refractivity contribution is 7.21. The Morgan fingerprint density at radius 2 is 2.10 bits per heavy atom. The third-order valence-corrected chi connectivity index (χ3v) is 4.92. The van der Waals surface area contributed by atoms with Crippen molar-refractivity contribution in [3.8, 4) is 0 Å². The SMILES string of the molecule is CC(=O)c1sc2nc3c(cc2c1N)C(=O)CC(C)(C)C3. The van der Waals surface area contributed by atoms with Crippen molar-refractivity contribution in [1.82, 2.24) is 4.98 Å². The summed E-state index contributed by atoms with van der Waals surface area (Å²) in [6.45, 7) is 5.64. The van der Waals surface area contributed by atoms with Gasteiger partial charge in [-0.25, -0.2) is 4.98 Å². The predicted molar refractivity (Wildman–Crippen MR) is 80.5 cm³/mol. The lowest BCUT2D eigenvalue weighted by atomic mass is 9.75. The van der Waals surface area contributed by atoms with Crippen molar-refractivity contribution in [3.63, 3.8) is 0 Å². The van der Waals surface area contributed by atoms with E-state index in [1.54, 1.807) is 0 Å². The minimum Gasteiger partial charge on any atom is -0.397 e. The van der Waals surface area contributed by atoms with Gasteiger partial charge in [0, 0.05) is 24.3 Å². The maximum absolute atomic E-state index is 12.3. The maximum atomic E-state index is 12.3. The fourth-order valence-electron chi connectivity index (χ4n) is 2.76. The van der Waals surface area contributed by atoms with Crippen LogP contribution in [-0.4, -0.2) is 16.6 Å². The fourth-order valence-corrected chi connectivity index (χ4v) is 3.75. The Morgan fingerprint density at radius 3 is 2.75 bits per heavy atom. The molecule has 3 rings (SSSR count). The number of hydrogen-bond donors (Lipinski definition) is 1. The lowest BCUT2D eigenvalue weighted by Gasteiger charge is -2.29. The first-order valence-corrected chi connectivity index (χ1v) is 7.36. The highest BCUT2D eigenvalue weighted by atomic mass is 32.1. The van der Waals surface area contributed by atoms with Crippen LogP contribution in [0.15, 0.2) is 6.07 Å². The molecule has 5 heteroatoms. The molecule has 2 N–H and O–H groups in total. The highest BCUT2D eigenvalue weighted by Gasteiger charge is 2.32. The number of nitrogens with zero attached hydrogens (tertiary/aromatic N) is 1. The zero-order valence-electron chi connectivity index (χ0n) is 11.7. The third kappa shape index (κ3) is 1.93. The zero-order chi connectivity index (χ0) is 14.7. The second kappa shape index (κ2) is 4.12. The molecule has 1 aliphatic rings. The van der Waals surface area contributed by atoms with E-state index in [4.69, 9.17) is 5.73 Å². The lowest BCUT2D eigenvalue weighted by Crippen LogP contribution is -2.27.